The fourth-order valence-corrected chi connectivity index (χ4v) is 1.87. The van der Waals surface area contributed by atoms with Crippen LogP contribution in [0.4, 0.5) is 15.8 Å². The lowest BCUT2D eigenvalue weighted by Crippen LogP contribution is -1.99. The van der Waals surface area contributed by atoms with E-state index in [-0.39, 0.29) is 5.82 Å². The molecular formula is C16H18FN3. The molecular weight excluding hydrogens is 253 g/mol. The number of rotatable bonds is 4. The monoisotopic (exact) mass is 271 g/mol. The summed E-state index contributed by atoms with van der Waals surface area (Å²) < 4.78 is 13.6. The molecule has 3 N–H and O–H groups in total. The maximum atomic E-state index is 13.6. The molecule has 0 spiro atoms. The minimum Gasteiger partial charge on any atom is -0.398 e. The summed E-state index contributed by atoms with van der Waals surface area (Å²) in [6, 6.07) is 10.8. The van der Waals surface area contributed by atoms with E-state index in [2.05, 4.69) is 10.3 Å². The molecule has 0 fully saturated rings. The molecule has 0 aliphatic carbocycles. The van der Waals surface area contributed by atoms with E-state index in [0.29, 0.717) is 17.9 Å². The molecule has 104 valence electrons. The second-order valence-corrected chi connectivity index (χ2v) is 4.80. The fraction of sp³-hybridized carbons (Fsp3) is 0.188. The Hall–Kier alpha value is -2.36. The minimum atomic E-state index is -0.286. The largest absolute Gasteiger partial charge is 0.398 e. The van der Waals surface area contributed by atoms with Crippen LogP contribution in [-0.2, 0) is 6.54 Å². The Bertz CT molecular complexity index is 636. The van der Waals surface area contributed by atoms with Gasteiger partial charge < -0.3 is 11.1 Å². The van der Waals surface area contributed by atoms with Crippen LogP contribution in [0.25, 0.3) is 0 Å². The number of hydrogen-bond acceptors (Lipinski definition) is 2. The van der Waals surface area contributed by atoms with E-state index in [1.165, 1.54) is 12.4 Å². The smallest absolute Gasteiger partial charge is 0.146 e. The van der Waals surface area contributed by atoms with Crippen molar-refractivity contribution >= 4 is 17.7 Å². The summed E-state index contributed by atoms with van der Waals surface area (Å²) in [5.74, 6) is -0.286. The number of nitrogens with one attached hydrogen (secondary N) is 1. The minimum absolute atomic E-state index is 0.286. The van der Waals surface area contributed by atoms with E-state index >= 15 is 0 Å². The van der Waals surface area contributed by atoms with Crippen LogP contribution in [-0.4, -0.2) is 6.34 Å². The summed E-state index contributed by atoms with van der Waals surface area (Å²) in [5, 5.41) is 2.84. The van der Waals surface area contributed by atoms with Gasteiger partial charge in [0.15, 0.2) is 0 Å². The maximum absolute atomic E-state index is 13.6. The van der Waals surface area contributed by atoms with Gasteiger partial charge >= 0.3 is 0 Å². The molecule has 0 bridgehead atoms. The van der Waals surface area contributed by atoms with Crippen LogP contribution in [0.5, 0.6) is 0 Å². The van der Waals surface area contributed by atoms with Crippen molar-refractivity contribution in [1.29, 1.82) is 0 Å². The molecule has 0 aliphatic rings. The Balaban J connectivity index is 1.98. The number of benzene rings is 2. The van der Waals surface area contributed by atoms with Gasteiger partial charge in [-0.25, -0.2) is 4.39 Å². The lowest BCUT2D eigenvalue weighted by atomic mass is 10.1. The van der Waals surface area contributed by atoms with Crippen molar-refractivity contribution < 1.29 is 4.39 Å². The zero-order valence-electron chi connectivity index (χ0n) is 11.7. The van der Waals surface area contributed by atoms with Crippen molar-refractivity contribution in [2.24, 2.45) is 4.99 Å². The first kappa shape index (κ1) is 14.1. The fourth-order valence-electron chi connectivity index (χ4n) is 1.87. The summed E-state index contributed by atoms with van der Waals surface area (Å²) in [4.78, 5) is 4.22. The quantitative estimate of drug-likeness (QED) is 0.506. The third-order valence-electron chi connectivity index (χ3n) is 3.00. The third kappa shape index (κ3) is 3.57. The van der Waals surface area contributed by atoms with Crippen LogP contribution < -0.4 is 11.1 Å². The number of nitrogens with two attached hydrogens (primary N) is 1. The number of hydrogen-bond donors (Lipinski definition) is 2. The summed E-state index contributed by atoms with van der Waals surface area (Å²) in [6.45, 7) is 4.32. The standard InChI is InChI=1S/C16H18FN3/c1-11-3-5-15(18)13(7-11)9-19-10-20-16-6-4-12(2)8-14(16)17/h3-8,10H,9,18H2,1-2H3,(H,19,20). The Morgan fingerprint density at radius 3 is 2.60 bits per heavy atom. The van der Waals surface area contributed by atoms with Gasteiger partial charge in [-0.3, -0.25) is 4.99 Å². The van der Waals surface area contributed by atoms with Crippen molar-refractivity contribution in [2.75, 3.05) is 11.1 Å². The SMILES string of the molecule is Cc1ccc(NC=NCc2cc(C)ccc2N)c(F)c1. The van der Waals surface area contributed by atoms with Crippen molar-refractivity contribution in [3.05, 3.63) is 58.9 Å². The molecule has 0 atom stereocenters. The van der Waals surface area contributed by atoms with Crippen LogP contribution in [0, 0.1) is 19.7 Å². The van der Waals surface area contributed by atoms with Gasteiger partial charge in [0.1, 0.15) is 5.82 Å². The van der Waals surface area contributed by atoms with Gasteiger partial charge in [0.2, 0.25) is 0 Å². The van der Waals surface area contributed by atoms with Crippen molar-refractivity contribution in [1.82, 2.24) is 0 Å². The van der Waals surface area contributed by atoms with Crippen LogP contribution in [0.1, 0.15) is 16.7 Å². The zero-order valence-corrected chi connectivity index (χ0v) is 11.7. The summed E-state index contributed by atoms with van der Waals surface area (Å²) in [5.41, 5.74) is 9.99. The predicted octanol–water partition coefficient (Wildman–Crippen LogP) is 3.67. The molecule has 2 aromatic carbocycles. The highest BCUT2D eigenvalue weighted by Gasteiger charge is 2.00. The van der Waals surface area contributed by atoms with Gasteiger partial charge in [0.05, 0.1) is 18.6 Å². The Labute approximate surface area is 118 Å². The summed E-state index contributed by atoms with van der Waals surface area (Å²) in [6.07, 6.45) is 1.50. The molecule has 0 amide bonds. The molecule has 3 nitrogen and oxygen atoms in total. The summed E-state index contributed by atoms with van der Waals surface area (Å²) >= 11 is 0. The molecule has 0 unspecified atom stereocenters. The lowest BCUT2D eigenvalue weighted by Gasteiger charge is -2.05. The molecule has 4 heteroatoms. The lowest BCUT2D eigenvalue weighted by molar-refractivity contribution is 0.631. The average molecular weight is 271 g/mol. The van der Waals surface area contributed by atoms with Crippen molar-refractivity contribution in [3.63, 3.8) is 0 Å². The molecule has 2 rings (SSSR count). The summed E-state index contributed by atoms with van der Waals surface area (Å²) in [7, 11) is 0. The topological polar surface area (TPSA) is 50.4 Å². The highest BCUT2D eigenvalue weighted by molar-refractivity contribution is 5.75. The molecule has 0 saturated heterocycles. The molecule has 0 aromatic heterocycles. The normalized spacial score (nSPS) is 10.9. The Morgan fingerprint density at radius 1 is 1.15 bits per heavy atom. The van der Waals surface area contributed by atoms with Crippen LogP contribution >= 0.6 is 0 Å². The van der Waals surface area contributed by atoms with Gasteiger partial charge in [0.25, 0.3) is 0 Å². The number of anilines is 2. The van der Waals surface area contributed by atoms with Crippen molar-refractivity contribution in [3.8, 4) is 0 Å². The first-order chi connectivity index (χ1) is 9.56. The van der Waals surface area contributed by atoms with Crippen molar-refractivity contribution in [2.45, 2.75) is 20.4 Å². The van der Waals surface area contributed by atoms with Gasteiger partial charge in [-0.15, -0.1) is 0 Å². The van der Waals surface area contributed by atoms with E-state index in [0.717, 1.165) is 16.7 Å². The van der Waals surface area contributed by atoms with Gasteiger partial charge in [-0.1, -0.05) is 23.8 Å². The van der Waals surface area contributed by atoms with E-state index in [4.69, 9.17) is 5.73 Å². The second-order valence-electron chi connectivity index (χ2n) is 4.80. The van der Waals surface area contributed by atoms with E-state index in [1.807, 2.05) is 38.1 Å². The van der Waals surface area contributed by atoms with Crippen LogP contribution in [0.15, 0.2) is 41.4 Å². The highest BCUT2D eigenvalue weighted by atomic mass is 19.1. The van der Waals surface area contributed by atoms with Crippen LogP contribution in [0.3, 0.4) is 0 Å². The van der Waals surface area contributed by atoms with Gasteiger partial charge in [-0.2, -0.15) is 0 Å². The predicted molar refractivity (Wildman–Crippen MR) is 82.5 cm³/mol. The van der Waals surface area contributed by atoms with Crippen LogP contribution in [0.2, 0.25) is 0 Å². The second kappa shape index (κ2) is 6.19. The average Bonchev–Trinajstić information content (AvgIpc) is 2.40. The van der Waals surface area contributed by atoms with E-state index in [9.17, 15) is 4.39 Å². The molecule has 0 heterocycles. The zero-order chi connectivity index (χ0) is 14.5. The van der Waals surface area contributed by atoms with E-state index < -0.39 is 0 Å². The Kier molecular flexibility index (Phi) is 4.35. The third-order valence-corrected chi connectivity index (χ3v) is 3.00. The molecule has 0 radical (unpaired) electrons. The number of aliphatic imine (C=N–C) groups is 1. The van der Waals surface area contributed by atoms with Gasteiger partial charge in [0, 0.05) is 5.69 Å². The molecule has 0 saturated carbocycles. The molecule has 20 heavy (non-hydrogen) atoms. The molecule has 2 aromatic rings. The number of halogens is 1. The number of nitrogens with zero attached hydrogens (tertiary/aromatic N) is 1. The Morgan fingerprint density at radius 2 is 1.85 bits per heavy atom. The van der Waals surface area contributed by atoms with E-state index in [1.54, 1.807) is 6.07 Å². The first-order valence-electron chi connectivity index (χ1n) is 6.42. The maximum Gasteiger partial charge on any atom is 0.146 e. The van der Waals surface area contributed by atoms with Gasteiger partial charge in [-0.05, 0) is 43.2 Å². The molecule has 0 aliphatic heterocycles. The first-order valence-corrected chi connectivity index (χ1v) is 6.42. The number of nitrogen functional groups attached to an aromatic ring is 1. The number of aryl methyl sites for hydroxylation is 2. The highest BCUT2D eigenvalue weighted by Crippen LogP contribution is 2.16.